The van der Waals surface area contributed by atoms with Crippen LogP contribution in [0.3, 0.4) is 0 Å². The number of nitrogens with zero attached hydrogens (tertiary/aromatic N) is 1. The van der Waals surface area contributed by atoms with Gasteiger partial charge < -0.3 is 19.7 Å². The van der Waals surface area contributed by atoms with Gasteiger partial charge in [0, 0.05) is 44.4 Å². The number of benzene rings is 1. The highest BCUT2D eigenvalue weighted by Gasteiger charge is 2.35. The summed E-state index contributed by atoms with van der Waals surface area (Å²) in [6, 6.07) is 1.90. The number of likely N-dealkylation sites (tertiary alicyclic amines) is 1. The van der Waals surface area contributed by atoms with Crippen molar-refractivity contribution in [2.75, 3.05) is 25.7 Å². The summed E-state index contributed by atoms with van der Waals surface area (Å²) in [6.45, 7) is 0.970. The Morgan fingerprint density at radius 1 is 1.30 bits per heavy atom. The number of methoxy groups -OCH3 is 1. The molecule has 0 aliphatic carbocycles. The fourth-order valence-electron chi connectivity index (χ4n) is 3.41. The molecule has 1 aromatic carbocycles. The molecule has 1 N–H and O–H groups in total. The Morgan fingerprint density at radius 2 is 2.00 bits per heavy atom. The standard InChI is InChI=1S/C21H28F2N2O7S/c1-13(31-2)20(21(28)32-9-10-33(3,29)30)24-17(26)11-15-7-8-18(27)25(15)12-14-5-4-6-16(22)19(14)23/h4-6,13,15,20H,7-12H2,1-3H3,(H,24,26)/t13-,15+,20+/m1/s1. The third kappa shape index (κ3) is 7.74. The van der Waals surface area contributed by atoms with Crippen LogP contribution in [0.1, 0.15) is 31.7 Å². The van der Waals surface area contributed by atoms with E-state index in [0.717, 1.165) is 12.3 Å². The molecule has 12 heteroatoms. The second-order valence-corrected chi connectivity index (χ2v) is 10.2. The van der Waals surface area contributed by atoms with Crippen LogP contribution in [0, 0.1) is 11.6 Å². The van der Waals surface area contributed by atoms with Crippen molar-refractivity contribution in [3.63, 3.8) is 0 Å². The van der Waals surface area contributed by atoms with E-state index < -0.39 is 51.5 Å². The number of hydrogen-bond donors (Lipinski definition) is 1. The minimum absolute atomic E-state index is 0.00371. The number of carbonyl (C=O) groups is 3. The number of amides is 2. The number of rotatable bonds is 11. The summed E-state index contributed by atoms with van der Waals surface area (Å²) in [6.07, 6.45) is 0.545. The minimum atomic E-state index is -3.34. The first-order valence-electron chi connectivity index (χ1n) is 10.3. The molecule has 1 fully saturated rings. The highest BCUT2D eigenvalue weighted by Crippen LogP contribution is 2.25. The van der Waals surface area contributed by atoms with Crippen molar-refractivity contribution < 1.29 is 41.1 Å². The molecule has 1 aliphatic heterocycles. The summed E-state index contributed by atoms with van der Waals surface area (Å²) in [5.74, 6) is -4.17. The molecule has 0 spiro atoms. The maximum Gasteiger partial charge on any atom is 0.331 e. The topological polar surface area (TPSA) is 119 Å². The second-order valence-electron chi connectivity index (χ2n) is 7.91. The predicted molar refractivity (Wildman–Crippen MR) is 114 cm³/mol. The summed E-state index contributed by atoms with van der Waals surface area (Å²) < 4.78 is 60.0. The first-order chi connectivity index (χ1) is 15.4. The lowest BCUT2D eigenvalue weighted by molar-refractivity contribution is -0.151. The monoisotopic (exact) mass is 490 g/mol. The average molecular weight is 491 g/mol. The summed E-state index contributed by atoms with van der Waals surface area (Å²) in [7, 11) is -2.00. The number of carbonyl (C=O) groups excluding carboxylic acids is 3. The molecule has 3 atom stereocenters. The first-order valence-corrected chi connectivity index (χ1v) is 12.4. The van der Waals surface area contributed by atoms with E-state index >= 15 is 0 Å². The predicted octanol–water partition coefficient (Wildman–Crippen LogP) is 0.953. The van der Waals surface area contributed by atoms with Crippen molar-refractivity contribution in [2.45, 2.75) is 50.9 Å². The van der Waals surface area contributed by atoms with E-state index in [1.54, 1.807) is 0 Å². The van der Waals surface area contributed by atoms with Gasteiger partial charge in [0.25, 0.3) is 0 Å². The smallest absolute Gasteiger partial charge is 0.331 e. The van der Waals surface area contributed by atoms with Crippen molar-refractivity contribution in [1.82, 2.24) is 10.2 Å². The molecule has 0 radical (unpaired) electrons. The molecule has 0 unspecified atom stereocenters. The van der Waals surface area contributed by atoms with Gasteiger partial charge in [0.2, 0.25) is 11.8 Å². The molecule has 1 aromatic rings. The molecular formula is C21H28F2N2O7S. The van der Waals surface area contributed by atoms with Gasteiger partial charge in [-0.15, -0.1) is 0 Å². The van der Waals surface area contributed by atoms with Crippen molar-refractivity contribution in [2.24, 2.45) is 0 Å². The van der Waals surface area contributed by atoms with E-state index in [4.69, 9.17) is 9.47 Å². The fraction of sp³-hybridized carbons (Fsp3) is 0.571. The van der Waals surface area contributed by atoms with E-state index in [-0.39, 0.29) is 43.2 Å². The zero-order valence-electron chi connectivity index (χ0n) is 18.7. The molecule has 1 aliphatic rings. The molecule has 2 rings (SSSR count). The van der Waals surface area contributed by atoms with Crippen LogP contribution in [0.25, 0.3) is 0 Å². The Hall–Kier alpha value is -2.60. The van der Waals surface area contributed by atoms with Crippen LogP contribution in [0.5, 0.6) is 0 Å². The number of hydrogen-bond acceptors (Lipinski definition) is 7. The SMILES string of the molecule is CO[C@H](C)[C@H](NC(=O)C[C@@H]1CCC(=O)N1Cc1cccc(F)c1F)C(=O)OCCS(C)(=O)=O. The Bertz CT molecular complexity index is 987. The second kappa shape index (κ2) is 11.5. The normalized spacial score (nSPS) is 18.2. The van der Waals surface area contributed by atoms with Gasteiger partial charge in [-0.2, -0.15) is 0 Å². The summed E-state index contributed by atoms with van der Waals surface area (Å²) in [4.78, 5) is 38.6. The van der Waals surface area contributed by atoms with Gasteiger partial charge in [-0.3, -0.25) is 9.59 Å². The zero-order chi connectivity index (χ0) is 24.8. The molecule has 184 valence electrons. The fourth-order valence-corrected chi connectivity index (χ4v) is 3.80. The van der Waals surface area contributed by atoms with Crippen LogP contribution in [0.2, 0.25) is 0 Å². The Morgan fingerprint density at radius 3 is 2.64 bits per heavy atom. The molecule has 0 aromatic heterocycles. The van der Waals surface area contributed by atoms with Gasteiger partial charge in [0.15, 0.2) is 27.5 Å². The number of ether oxygens (including phenoxy) is 2. The van der Waals surface area contributed by atoms with Gasteiger partial charge in [-0.05, 0) is 19.4 Å². The van der Waals surface area contributed by atoms with E-state index in [0.29, 0.717) is 6.42 Å². The van der Waals surface area contributed by atoms with Crippen LogP contribution in [-0.2, 0) is 40.2 Å². The molecule has 0 saturated carbocycles. The van der Waals surface area contributed by atoms with Crippen LogP contribution in [0.4, 0.5) is 8.78 Å². The van der Waals surface area contributed by atoms with Gasteiger partial charge in [0.05, 0.1) is 11.9 Å². The molecular weight excluding hydrogens is 462 g/mol. The highest BCUT2D eigenvalue weighted by molar-refractivity contribution is 7.90. The number of halogens is 2. The molecule has 9 nitrogen and oxygen atoms in total. The lowest BCUT2D eigenvalue weighted by atomic mass is 10.1. The number of esters is 1. The van der Waals surface area contributed by atoms with E-state index in [1.165, 1.54) is 31.1 Å². The summed E-state index contributed by atoms with van der Waals surface area (Å²) in [5, 5.41) is 2.50. The number of nitrogens with one attached hydrogen (secondary N) is 1. The maximum atomic E-state index is 14.0. The first kappa shape index (κ1) is 26.7. The summed E-state index contributed by atoms with van der Waals surface area (Å²) >= 11 is 0. The Labute approximate surface area is 191 Å². The zero-order valence-corrected chi connectivity index (χ0v) is 19.5. The molecule has 1 heterocycles. The molecule has 2 amide bonds. The van der Waals surface area contributed by atoms with Gasteiger partial charge in [0.1, 0.15) is 6.61 Å². The van der Waals surface area contributed by atoms with Crippen LogP contribution in [0.15, 0.2) is 18.2 Å². The van der Waals surface area contributed by atoms with Gasteiger partial charge >= 0.3 is 5.97 Å². The highest BCUT2D eigenvalue weighted by atomic mass is 32.2. The lowest BCUT2D eigenvalue weighted by Crippen LogP contribution is -2.50. The summed E-state index contributed by atoms with van der Waals surface area (Å²) in [5.41, 5.74) is -0.00371. The Balaban J connectivity index is 2.03. The lowest BCUT2D eigenvalue weighted by Gasteiger charge is -2.27. The van der Waals surface area contributed by atoms with Gasteiger partial charge in [-0.1, -0.05) is 12.1 Å². The third-order valence-corrected chi connectivity index (χ3v) is 6.26. The van der Waals surface area contributed by atoms with Crippen LogP contribution in [-0.4, -0.2) is 75.0 Å². The van der Waals surface area contributed by atoms with Crippen LogP contribution < -0.4 is 5.32 Å². The van der Waals surface area contributed by atoms with E-state index in [9.17, 15) is 31.6 Å². The maximum absolute atomic E-state index is 14.0. The van der Waals surface area contributed by atoms with E-state index in [1.807, 2.05) is 0 Å². The molecule has 1 saturated heterocycles. The van der Waals surface area contributed by atoms with Crippen molar-refractivity contribution in [3.8, 4) is 0 Å². The number of sulfone groups is 1. The van der Waals surface area contributed by atoms with E-state index in [2.05, 4.69) is 5.32 Å². The minimum Gasteiger partial charge on any atom is -0.463 e. The quantitative estimate of drug-likeness (QED) is 0.459. The van der Waals surface area contributed by atoms with Crippen LogP contribution >= 0.6 is 0 Å². The van der Waals surface area contributed by atoms with Crippen molar-refractivity contribution in [3.05, 3.63) is 35.4 Å². The molecule has 33 heavy (non-hydrogen) atoms. The average Bonchev–Trinajstić information content (AvgIpc) is 3.07. The largest absolute Gasteiger partial charge is 0.463 e. The third-order valence-electron chi connectivity index (χ3n) is 5.36. The Kier molecular flexibility index (Phi) is 9.29. The van der Waals surface area contributed by atoms with Gasteiger partial charge in [-0.25, -0.2) is 22.0 Å². The molecule has 0 bridgehead atoms. The van der Waals surface area contributed by atoms with Crippen molar-refractivity contribution >= 4 is 27.6 Å². The van der Waals surface area contributed by atoms with Crippen molar-refractivity contribution in [1.29, 1.82) is 0 Å².